The monoisotopic (exact) mass is 336 g/mol. The molecular formula is C20H26F2O2. The fourth-order valence-electron chi connectivity index (χ4n) is 5.17. The highest BCUT2D eigenvalue weighted by atomic mass is 19.2. The van der Waals surface area contributed by atoms with E-state index in [2.05, 4.69) is 0 Å². The Morgan fingerprint density at radius 1 is 0.875 bits per heavy atom. The zero-order valence-electron chi connectivity index (χ0n) is 14.1. The van der Waals surface area contributed by atoms with E-state index < -0.39 is 11.6 Å². The lowest BCUT2D eigenvalue weighted by Crippen LogP contribution is -2.38. The highest BCUT2D eigenvalue weighted by Gasteiger charge is 2.43. The summed E-state index contributed by atoms with van der Waals surface area (Å²) in [7, 11) is 0. The van der Waals surface area contributed by atoms with Gasteiger partial charge in [0.1, 0.15) is 0 Å². The van der Waals surface area contributed by atoms with Crippen LogP contribution >= 0.6 is 0 Å². The average Bonchev–Trinajstić information content (AvgIpc) is 3.06. The van der Waals surface area contributed by atoms with E-state index in [1.807, 2.05) is 0 Å². The second-order valence-electron chi connectivity index (χ2n) is 7.67. The minimum absolute atomic E-state index is 0.317. The van der Waals surface area contributed by atoms with E-state index in [1.165, 1.54) is 31.4 Å². The molecule has 4 heteroatoms. The van der Waals surface area contributed by atoms with Crippen molar-refractivity contribution in [3.8, 4) is 0 Å². The first-order valence-electron chi connectivity index (χ1n) is 9.40. The van der Waals surface area contributed by atoms with Crippen LogP contribution in [0.1, 0.15) is 62.8 Å². The minimum Gasteiger partial charge on any atom is -0.348 e. The molecule has 4 rings (SSSR count). The third-order valence-corrected chi connectivity index (χ3v) is 6.40. The number of halogens is 2. The molecule has 24 heavy (non-hydrogen) atoms. The van der Waals surface area contributed by atoms with Crippen LogP contribution in [0.5, 0.6) is 0 Å². The summed E-state index contributed by atoms with van der Waals surface area (Å²) in [5.74, 6) is -0.209. The molecule has 0 aromatic heterocycles. The molecule has 132 valence electrons. The fraction of sp³-hybridized carbons (Fsp3) is 0.700. The maximum atomic E-state index is 13.7. The zero-order chi connectivity index (χ0) is 16.6. The van der Waals surface area contributed by atoms with E-state index >= 15 is 0 Å². The van der Waals surface area contributed by atoms with Crippen molar-refractivity contribution in [2.24, 2.45) is 11.8 Å². The van der Waals surface area contributed by atoms with Crippen molar-refractivity contribution < 1.29 is 18.3 Å². The van der Waals surface area contributed by atoms with Gasteiger partial charge < -0.3 is 9.47 Å². The first kappa shape index (κ1) is 16.5. The number of hydrogen-bond donors (Lipinski definition) is 0. The highest BCUT2D eigenvalue weighted by Crippen LogP contribution is 2.49. The van der Waals surface area contributed by atoms with Gasteiger partial charge in [-0.2, -0.15) is 0 Å². The summed E-state index contributed by atoms with van der Waals surface area (Å²) >= 11 is 0. The quantitative estimate of drug-likeness (QED) is 0.741. The lowest BCUT2D eigenvalue weighted by molar-refractivity contribution is -0.185. The molecule has 2 unspecified atom stereocenters. The summed E-state index contributed by atoms with van der Waals surface area (Å²) in [4.78, 5) is 0. The number of rotatable bonds is 2. The molecule has 2 saturated carbocycles. The van der Waals surface area contributed by atoms with Crippen LogP contribution < -0.4 is 0 Å². The Morgan fingerprint density at radius 2 is 1.58 bits per heavy atom. The largest absolute Gasteiger partial charge is 0.348 e. The van der Waals surface area contributed by atoms with Crippen molar-refractivity contribution in [2.45, 2.75) is 63.1 Å². The van der Waals surface area contributed by atoms with Crippen LogP contribution in [-0.4, -0.2) is 19.0 Å². The normalized spacial score (nSPS) is 30.8. The summed E-state index contributed by atoms with van der Waals surface area (Å²) in [5, 5.41) is 0. The van der Waals surface area contributed by atoms with Gasteiger partial charge in [0.15, 0.2) is 17.4 Å². The second kappa shape index (κ2) is 6.72. The molecule has 1 aromatic carbocycles. The molecule has 2 aliphatic carbocycles. The Kier molecular flexibility index (Phi) is 4.61. The van der Waals surface area contributed by atoms with Crippen molar-refractivity contribution in [1.29, 1.82) is 0 Å². The Bertz CT molecular complexity index is 573. The second-order valence-corrected chi connectivity index (χ2v) is 7.67. The highest BCUT2D eigenvalue weighted by molar-refractivity contribution is 5.23. The van der Waals surface area contributed by atoms with Crippen molar-refractivity contribution in [3.63, 3.8) is 0 Å². The molecule has 1 saturated heterocycles. The molecular weight excluding hydrogens is 310 g/mol. The third-order valence-electron chi connectivity index (χ3n) is 6.40. The van der Waals surface area contributed by atoms with Crippen molar-refractivity contribution in [3.05, 3.63) is 35.4 Å². The molecule has 3 fully saturated rings. The predicted molar refractivity (Wildman–Crippen MR) is 87.7 cm³/mol. The van der Waals surface area contributed by atoms with Crippen molar-refractivity contribution >= 4 is 0 Å². The topological polar surface area (TPSA) is 18.5 Å². The van der Waals surface area contributed by atoms with E-state index in [0.29, 0.717) is 31.0 Å². The van der Waals surface area contributed by atoms with Gasteiger partial charge in [0.25, 0.3) is 0 Å². The molecule has 1 aromatic rings. The molecule has 1 heterocycles. The molecule has 3 aliphatic rings. The van der Waals surface area contributed by atoms with Gasteiger partial charge in [-0.1, -0.05) is 18.9 Å². The van der Waals surface area contributed by atoms with Crippen LogP contribution in [0.3, 0.4) is 0 Å². The average molecular weight is 336 g/mol. The standard InChI is InChI=1S/C20H26F2O2/c21-18-6-5-15(13-19(18)22)17-4-2-1-3-16(17)14-7-9-20(10-8-14)23-11-12-24-20/h5-6,13-14,16-17H,1-4,7-12H2. The van der Waals surface area contributed by atoms with E-state index in [0.717, 1.165) is 37.7 Å². The molecule has 1 spiro atoms. The van der Waals surface area contributed by atoms with Crippen LogP contribution in [-0.2, 0) is 9.47 Å². The molecule has 0 amide bonds. The molecule has 0 bridgehead atoms. The van der Waals surface area contributed by atoms with Gasteiger partial charge in [0.2, 0.25) is 0 Å². The van der Waals surface area contributed by atoms with Crippen LogP contribution in [0.4, 0.5) is 8.78 Å². The van der Waals surface area contributed by atoms with Crippen LogP contribution in [0.2, 0.25) is 0 Å². The third kappa shape index (κ3) is 3.11. The molecule has 0 radical (unpaired) electrons. The molecule has 2 nitrogen and oxygen atoms in total. The summed E-state index contributed by atoms with van der Waals surface area (Å²) < 4.78 is 38.7. The van der Waals surface area contributed by atoms with Gasteiger partial charge in [-0.05, 0) is 61.1 Å². The van der Waals surface area contributed by atoms with Crippen LogP contribution in [0.25, 0.3) is 0 Å². The summed E-state index contributed by atoms with van der Waals surface area (Å²) in [6.45, 7) is 1.43. The van der Waals surface area contributed by atoms with Gasteiger partial charge in [0.05, 0.1) is 13.2 Å². The van der Waals surface area contributed by atoms with Crippen molar-refractivity contribution in [2.75, 3.05) is 13.2 Å². The molecule has 0 N–H and O–H groups in total. The lowest BCUT2D eigenvalue weighted by atomic mass is 9.65. The predicted octanol–water partition coefficient (Wildman–Crippen LogP) is 5.17. The van der Waals surface area contributed by atoms with E-state index in [-0.39, 0.29) is 5.79 Å². The molecule has 1 aliphatic heterocycles. The summed E-state index contributed by atoms with van der Waals surface area (Å²) in [5.41, 5.74) is 0.979. The molecule has 2 atom stereocenters. The van der Waals surface area contributed by atoms with Gasteiger partial charge in [-0.25, -0.2) is 8.78 Å². The Morgan fingerprint density at radius 3 is 2.29 bits per heavy atom. The van der Waals surface area contributed by atoms with E-state index in [1.54, 1.807) is 6.07 Å². The minimum atomic E-state index is -0.749. The van der Waals surface area contributed by atoms with Crippen LogP contribution in [0, 0.1) is 23.5 Å². The van der Waals surface area contributed by atoms with Gasteiger partial charge in [-0.15, -0.1) is 0 Å². The van der Waals surface area contributed by atoms with Gasteiger partial charge >= 0.3 is 0 Å². The Labute approximate surface area is 142 Å². The number of benzene rings is 1. The fourth-order valence-corrected chi connectivity index (χ4v) is 5.17. The van der Waals surface area contributed by atoms with Crippen molar-refractivity contribution in [1.82, 2.24) is 0 Å². The number of hydrogen-bond acceptors (Lipinski definition) is 2. The zero-order valence-corrected chi connectivity index (χ0v) is 14.1. The van der Waals surface area contributed by atoms with E-state index in [9.17, 15) is 8.78 Å². The summed E-state index contributed by atoms with van der Waals surface area (Å²) in [6.07, 6.45) is 8.89. The summed E-state index contributed by atoms with van der Waals surface area (Å²) in [6, 6.07) is 4.49. The number of ether oxygens (including phenoxy) is 2. The van der Waals surface area contributed by atoms with Gasteiger partial charge in [0, 0.05) is 12.8 Å². The lowest BCUT2D eigenvalue weighted by Gasteiger charge is -2.43. The smallest absolute Gasteiger partial charge is 0.168 e. The maximum Gasteiger partial charge on any atom is 0.168 e. The first-order chi connectivity index (χ1) is 11.7. The van der Waals surface area contributed by atoms with Gasteiger partial charge in [-0.3, -0.25) is 0 Å². The first-order valence-corrected chi connectivity index (χ1v) is 9.40. The van der Waals surface area contributed by atoms with E-state index in [4.69, 9.17) is 9.47 Å². The van der Waals surface area contributed by atoms with Crippen LogP contribution in [0.15, 0.2) is 18.2 Å². The Balaban J connectivity index is 1.49. The SMILES string of the molecule is Fc1ccc(C2CCCCC2C2CCC3(CC2)OCCO3)cc1F. The maximum absolute atomic E-state index is 13.7. The Hall–Kier alpha value is -1.00.